The molecule has 0 radical (unpaired) electrons. The molecule has 1 N–H and O–H groups in total. The summed E-state index contributed by atoms with van der Waals surface area (Å²) in [6.45, 7) is 2.37. The molecule has 0 aromatic heterocycles. The lowest BCUT2D eigenvalue weighted by Crippen LogP contribution is -2.17. The summed E-state index contributed by atoms with van der Waals surface area (Å²) in [5.41, 5.74) is 0. The van der Waals surface area contributed by atoms with E-state index in [1.54, 1.807) is 0 Å². The lowest BCUT2D eigenvalue weighted by atomic mass is 10.0. The molecule has 0 unspecified atom stereocenters. The Morgan fingerprint density at radius 3 is 2.90 bits per heavy atom. The molecule has 3 heteroatoms. The topological polar surface area (TPSA) is 46.2 Å². The maximum atomic E-state index is 11.0. The SMILES string of the molecule is CCC(=O)[C@H]1CNC(=O)C1. The van der Waals surface area contributed by atoms with E-state index in [2.05, 4.69) is 5.32 Å². The molecule has 1 rings (SSSR count). The average Bonchev–Trinajstić information content (AvgIpc) is 2.34. The van der Waals surface area contributed by atoms with Crippen LogP contribution in [0.15, 0.2) is 0 Å². The van der Waals surface area contributed by atoms with Gasteiger partial charge in [-0.2, -0.15) is 0 Å². The largest absolute Gasteiger partial charge is 0.355 e. The standard InChI is InChI=1S/C7H11NO2/c1-2-6(9)5-3-7(10)8-4-5/h5H,2-4H2,1H3,(H,8,10)/t5-/m1/s1. The second kappa shape index (κ2) is 2.82. The van der Waals surface area contributed by atoms with Gasteiger partial charge in [0, 0.05) is 25.3 Å². The molecule has 1 saturated heterocycles. The van der Waals surface area contributed by atoms with Crippen LogP contribution in [0.5, 0.6) is 0 Å². The van der Waals surface area contributed by atoms with Crippen molar-refractivity contribution in [2.75, 3.05) is 6.54 Å². The third-order valence-corrected chi connectivity index (χ3v) is 1.78. The predicted molar refractivity (Wildman–Crippen MR) is 36.4 cm³/mol. The number of rotatable bonds is 2. The number of amides is 1. The van der Waals surface area contributed by atoms with Crippen LogP contribution in [0.4, 0.5) is 0 Å². The summed E-state index contributed by atoms with van der Waals surface area (Å²) >= 11 is 0. The van der Waals surface area contributed by atoms with Crippen molar-refractivity contribution in [3.63, 3.8) is 0 Å². The van der Waals surface area contributed by atoms with Gasteiger partial charge in [0.25, 0.3) is 0 Å². The molecule has 0 aliphatic carbocycles. The van der Waals surface area contributed by atoms with E-state index in [0.29, 0.717) is 19.4 Å². The summed E-state index contributed by atoms with van der Waals surface area (Å²) in [6.07, 6.45) is 0.937. The van der Waals surface area contributed by atoms with E-state index in [1.165, 1.54) is 0 Å². The van der Waals surface area contributed by atoms with Crippen molar-refractivity contribution in [2.24, 2.45) is 5.92 Å². The first-order valence-corrected chi connectivity index (χ1v) is 3.53. The number of carbonyl (C=O) groups excluding carboxylic acids is 2. The van der Waals surface area contributed by atoms with Crippen LogP contribution in [-0.4, -0.2) is 18.2 Å². The Morgan fingerprint density at radius 1 is 1.80 bits per heavy atom. The van der Waals surface area contributed by atoms with Crippen molar-refractivity contribution in [1.29, 1.82) is 0 Å². The Bertz CT molecular complexity index is 165. The van der Waals surface area contributed by atoms with E-state index in [-0.39, 0.29) is 17.6 Å². The van der Waals surface area contributed by atoms with Gasteiger partial charge in [-0.25, -0.2) is 0 Å². The molecule has 1 heterocycles. The summed E-state index contributed by atoms with van der Waals surface area (Å²) in [4.78, 5) is 21.6. The summed E-state index contributed by atoms with van der Waals surface area (Å²) in [5, 5.41) is 2.63. The van der Waals surface area contributed by atoms with Crippen molar-refractivity contribution in [3.8, 4) is 0 Å². The fourth-order valence-corrected chi connectivity index (χ4v) is 1.12. The maximum absolute atomic E-state index is 11.0. The first-order chi connectivity index (χ1) is 4.74. The smallest absolute Gasteiger partial charge is 0.220 e. The molecule has 0 aromatic carbocycles. The van der Waals surface area contributed by atoms with Crippen molar-refractivity contribution >= 4 is 11.7 Å². The van der Waals surface area contributed by atoms with Gasteiger partial charge in [-0.15, -0.1) is 0 Å². The Kier molecular flexibility index (Phi) is 2.04. The van der Waals surface area contributed by atoms with Crippen molar-refractivity contribution in [1.82, 2.24) is 5.32 Å². The summed E-state index contributed by atoms with van der Waals surface area (Å²) in [6, 6.07) is 0. The summed E-state index contributed by atoms with van der Waals surface area (Å²) in [5.74, 6) is 0.155. The van der Waals surface area contributed by atoms with Crippen LogP contribution in [0.25, 0.3) is 0 Å². The van der Waals surface area contributed by atoms with E-state index < -0.39 is 0 Å². The Labute approximate surface area is 59.8 Å². The van der Waals surface area contributed by atoms with E-state index in [1.807, 2.05) is 6.92 Å². The lowest BCUT2D eigenvalue weighted by molar-refractivity contribution is -0.124. The molecule has 1 atom stereocenters. The minimum atomic E-state index is -0.0440. The number of Topliss-reactive ketones (excluding diaryl/α,β-unsaturated/α-hetero) is 1. The van der Waals surface area contributed by atoms with Gasteiger partial charge >= 0.3 is 0 Å². The summed E-state index contributed by atoms with van der Waals surface area (Å²) < 4.78 is 0. The van der Waals surface area contributed by atoms with Crippen molar-refractivity contribution in [3.05, 3.63) is 0 Å². The Balaban J connectivity index is 2.44. The zero-order chi connectivity index (χ0) is 7.56. The molecule has 3 nitrogen and oxygen atoms in total. The van der Waals surface area contributed by atoms with Gasteiger partial charge in [0.15, 0.2) is 0 Å². The first kappa shape index (κ1) is 7.25. The molecular weight excluding hydrogens is 130 g/mol. The molecule has 1 amide bonds. The Hall–Kier alpha value is -0.860. The number of ketones is 1. The molecule has 0 spiro atoms. The second-order valence-corrected chi connectivity index (χ2v) is 2.52. The first-order valence-electron chi connectivity index (χ1n) is 3.53. The van der Waals surface area contributed by atoms with Crippen molar-refractivity contribution < 1.29 is 9.59 Å². The molecular formula is C7H11NO2. The molecule has 10 heavy (non-hydrogen) atoms. The van der Waals surface area contributed by atoms with Gasteiger partial charge in [-0.3, -0.25) is 9.59 Å². The third kappa shape index (κ3) is 1.35. The molecule has 1 aliphatic heterocycles. The van der Waals surface area contributed by atoms with Crippen LogP contribution in [0.3, 0.4) is 0 Å². The third-order valence-electron chi connectivity index (χ3n) is 1.78. The quantitative estimate of drug-likeness (QED) is 0.593. The molecule has 56 valence electrons. The monoisotopic (exact) mass is 141 g/mol. The van der Waals surface area contributed by atoms with E-state index >= 15 is 0 Å². The minimum Gasteiger partial charge on any atom is -0.355 e. The van der Waals surface area contributed by atoms with E-state index in [4.69, 9.17) is 0 Å². The molecule has 1 aliphatic rings. The fourth-order valence-electron chi connectivity index (χ4n) is 1.12. The van der Waals surface area contributed by atoms with Gasteiger partial charge in [0.1, 0.15) is 5.78 Å². The summed E-state index contributed by atoms with van der Waals surface area (Å²) in [7, 11) is 0. The van der Waals surface area contributed by atoms with Crippen LogP contribution in [0, 0.1) is 5.92 Å². The normalized spacial score (nSPS) is 24.5. The second-order valence-electron chi connectivity index (χ2n) is 2.52. The minimum absolute atomic E-state index is 0.00630. The highest BCUT2D eigenvalue weighted by Gasteiger charge is 2.25. The zero-order valence-electron chi connectivity index (χ0n) is 6.02. The van der Waals surface area contributed by atoms with Gasteiger partial charge in [-0.1, -0.05) is 6.92 Å². The lowest BCUT2D eigenvalue weighted by Gasteiger charge is -2.00. The van der Waals surface area contributed by atoms with E-state index in [9.17, 15) is 9.59 Å². The van der Waals surface area contributed by atoms with Gasteiger partial charge in [-0.05, 0) is 0 Å². The van der Waals surface area contributed by atoms with Crippen molar-refractivity contribution in [2.45, 2.75) is 19.8 Å². The zero-order valence-corrected chi connectivity index (χ0v) is 6.02. The van der Waals surface area contributed by atoms with E-state index in [0.717, 1.165) is 0 Å². The van der Waals surface area contributed by atoms with Crippen LogP contribution >= 0.6 is 0 Å². The predicted octanol–water partition coefficient (Wildman–Crippen LogP) is 0.102. The number of hydrogen-bond acceptors (Lipinski definition) is 2. The molecule has 0 saturated carbocycles. The highest BCUT2D eigenvalue weighted by molar-refractivity contribution is 5.90. The Morgan fingerprint density at radius 2 is 2.50 bits per heavy atom. The number of nitrogens with one attached hydrogen (secondary N) is 1. The van der Waals surface area contributed by atoms with Crippen LogP contribution in [-0.2, 0) is 9.59 Å². The van der Waals surface area contributed by atoms with Gasteiger partial charge in [0.2, 0.25) is 5.91 Å². The number of hydrogen-bond donors (Lipinski definition) is 1. The molecule has 0 aromatic rings. The van der Waals surface area contributed by atoms with Crippen LogP contribution in [0.1, 0.15) is 19.8 Å². The molecule has 0 bridgehead atoms. The highest BCUT2D eigenvalue weighted by Crippen LogP contribution is 2.11. The molecule has 1 fully saturated rings. The maximum Gasteiger partial charge on any atom is 0.220 e. The van der Waals surface area contributed by atoms with Crippen LogP contribution in [0.2, 0.25) is 0 Å². The van der Waals surface area contributed by atoms with Gasteiger partial charge < -0.3 is 5.32 Å². The number of carbonyl (C=O) groups is 2. The van der Waals surface area contributed by atoms with Crippen LogP contribution < -0.4 is 5.32 Å². The van der Waals surface area contributed by atoms with Gasteiger partial charge in [0.05, 0.1) is 0 Å². The highest BCUT2D eigenvalue weighted by atomic mass is 16.2. The fraction of sp³-hybridized carbons (Fsp3) is 0.714. The average molecular weight is 141 g/mol.